The standard InChI is InChI=1S/C24H27FN8O/c25-20-22(31-12-7-24(8-13-31)14-15-4-1-2-5-16(15)19(24)26)30-21(27)18(29-20)23(34)32-10-3-11-33-17(32)6-9-28-33/h1-2,4-6,9,19H,3,7-8,10-14,26H2,(H2,27,30)/t19-/m1/s1. The Morgan fingerprint density at radius 3 is 2.68 bits per heavy atom. The summed E-state index contributed by atoms with van der Waals surface area (Å²) >= 11 is 0. The average molecular weight is 463 g/mol. The Morgan fingerprint density at radius 1 is 1.09 bits per heavy atom. The molecule has 1 fully saturated rings. The van der Waals surface area contributed by atoms with Crippen LogP contribution in [-0.4, -0.2) is 45.3 Å². The Hall–Kier alpha value is -3.53. The summed E-state index contributed by atoms with van der Waals surface area (Å²) in [5.74, 6) is -0.570. The third-order valence-corrected chi connectivity index (χ3v) is 7.68. The van der Waals surface area contributed by atoms with Crippen LogP contribution in [0.4, 0.5) is 21.8 Å². The maximum atomic E-state index is 15.2. The van der Waals surface area contributed by atoms with Crippen LogP contribution in [0.3, 0.4) is 0 Å². The first-order valence-corrected chi connectivity index (χ1v) is 11.7. The lowest BCUT2D eigenvalue weighted by molar-refractivity contribution is 0.0976. The van der Waals surface area contributed by atoms with Crippen LogP contribution in [0.5, 0.6) is 0 Å². The second-order valence-corrected chi connectivity index (χ2v) is 9.50. The highest BCUT2D eigenvalue weighted by atomic mass is 19.1. The molecule has 10 heteroatoms. The molecular weight excluding hydrogens is 435 g/mol. The fourth-order valence-corrected chi connectivity index (χ4v) is 5.80. The molecule has 4 N–H and O–H groups in total. The van der Waals surface area contributed by atoms with Crippen molar-refractivity contribution in [2.75, 3.05) is 35.2 Å². The van der Waals surface area contributed by atoms with E-state index in [0.29, 0.717) is 25.5 Å². The summed E-state index contributed by atoms with van der Waals surface area (Å²) in [6.07, 6.45) is 4.96. The van der Waals surface area contributed by atoms with Gasteiger partial charge in [0.05, 0.1) is 6.20 Å². The summed E-state index contributed by atoms with van der Waals surface area (Å²) in [5, 5.41) is 4.21. The molecule has 0 saturated carbocycles. The zero-order chi connectivity index (χ0) is 23.4. The zero-order valence-corrected chi connectivity index (χ0v) is 18.8. The number of nitrogens with zero attached hydrogens (tertiary/aromatic N) is 6. The molecule has 9 nitrogen and oxygen atoms in total. The Labute approximate surface area is 196 Å². The van der Waals surface area contributed by atoms with Crippen LogP contribution in [0.1, 0.15) is 46.9 Å². The van der Waals surface area contributed by atoms with Crippen LogP contribution in [0.25, 0.3) is 0 Å². The van der Waals surface area contributed by atoms with Gasteiger partial charge in [0.1, 0.15) is 5.82 Å². The molecule has 2 aromatic heterocycles. The van der Waals surface area contributed by atoms with E-state index in [1.54, 1.807) is 16.9 Å². The van der Waals surface area contributed by atoms with Crippen molar-refractivity contribution in [3.8, 4) is 0 Å². The molecule has 2 aliphatic heterocycles. The molecule has 0 unspecified atom stereocenters. The third-order valence-electron chi connectivity index (χ3n) is 7.68. The summed E-state index contributed by atoms with van der Waals surface area (Å²) < 4.78 is 16.9. The number of carbonyl (C=O) groups is 1. The summed E-state index contributed by atoms with van der Waals surface area (Å²) in [4.78, 5) is 24.8. The topological polar surface area (TPSA) is 119 Å². The van der Waals surface area contributed by atoms with Crippen molar-refractivity contribution in [3.63, 3.8) is 0 Å². The number of fused-ring (bicyclic) bond motifs is 2. The SMILES string of the molecule is Nc1nc(N2CCC3(CC2)Cc2ccccc2[C@H]3N)c(F)nc1C(=O)N1CCCn2nccc21. The second-order valence-electron chi connectivity index (χ2n) is 9.50. The number of benzene rings is 1. The van der Waals surface area contributed by atoms with Gasteiger partial charge in [0.25, 0.3) is 11.9 Å². The lowest BCUT2D eigenvalue weighted by atomic mass is 9.73. The number of carbonyl (C=O) groups excluding carboxylic acids is 1. The number of rotatable bonds is 2. The molecule has 1 aliphatic carbocycles. The number of anilines is 3. The van der Waals surface area contributed by atoms with Crippen molar-refractivity contribution in [3.05, 3.63) is 59.3 Å². The predicted molar refractivity (Wildman–Crippen MR) is 126 cm³/mol. The molecule has 6 rings (SSSR count). The number of amides is 1. The van der Waals surface area contributed by atoms with Crippen molar-refractivity contribution >= 4 is 23.4 Å². The fraction of sp³-hybridized carbons (Fsp3) is 0.417. The Morgan fingerprint density at radius 2 is 1.88 bits per heavy atom. The molecule has 176 valence electrons. The summed E-state index contributed by atoms with van der Waals surface area (Å²) in [7, 11) is 0. The van der Waals surface area contributed by atoms with Gasteiger partial charge >= 0.3 is 0 Å². The van der Waals surface area contributed by atoms with Gasteiger partial charge in [-0.3, -0.25) is 9.69 Å². The van der Waals surface area contributed by atoms with E-state index in [0.717, 1.165) is 32.2 Å². The van der Waals surface area contributed by atoms with Gasteiger partial charge < -0.3 is 16.4 Å². The van der Waals surface area contributed by atoms with Gasteiger partial charge in [-0.15, -0.1) is 0 Å². The predicted octanol–water partition coefficient (Wildman–Crippen LogP) is 2.29. The number of halogens is 1. The maximum absolute atomic E-state index is 15.2. The molecule has 0 bridgehead atoms. The average Bonchev–Trinajstić information content (AvgIpc) is 3.44. The van der Waals surface area contributed by atoms with Crippen LogP contribution in [-0.2, 0) is 13.0 Å². The number of hydrogen-bond acceptors (Lipinski definition) is 7. The molecule has 0 radical (unpaired) electrons. The van der Waals surface area contributed by atoms with E-state index < -0.39 is 11.9 Å². The van der Waals surface area contributed by atoms with Crippen LogP contribution in [0.15, 0.2) is 36.5 Å². The highest BCUT2D eigenvalue weighted by Gasteiger charge is 2.46. The summed E-state index contributed by atoms with van der Waals surface area (Å²) in [5.41, 5.74) is 15.1. The number of nitrogen functional groups attached to an aromatic ring is 1. The molecule has 3 aromatic rings. The highest BCUT2D eigenvalue weighted by Crippen LogP contribution is 2.51. The van der Waals surface area contributed by atoms with E-state index >= 15 is 4.39 Å². The highest BCUT2D eigenvalue weighted by molar-refractivity contribution is 6.07. The monoisotopic (exact) mass is 462 g/mol. The first-order chi connectivity index (χ1) is 16.5. The van der Waals surface area contributed by atoms with Crippen molar-refractivity contribution in [1.82, 2.24) is 19.7 Å². The first kappa shape index (κ1) is 21.0. The molecule has 1 amide bonds. The van der Waals surface area contributed by atoms with Crippen LogP contribution >= 0.6 is 0 Å². The zero-order valence-electron chi connectivity index (χ0n) is 18.8. The number of aromatic nitrogens is 4. The van der Waals surface area contributed by atoms with Gasteiger partial charge in [-0.2, -0.15) is 9.49 Å². The number of nitrogens with two attached hydrogens (primary N) is 2. The second kappa shape index (κ2) is 7.76. The molecule has 1 spiro atoms. The molecule has 34 heavy (non-hydrogen) atoms. The smallest absolute Gasteiger partial charge is 0.281 e. The van der Waals surface area contributed by atoms with Gasteiger partial charge in [-0.1, -0.05) is 24.3 Å². The van der Waals surface area contributed by atoms with E-state index in [-0.39, 0.29) is 28.8 Å². The van der Waals surface area contributed by atoms with Crippen molar-refractivity contribution in [2.45, 2.75) is 38.3 Å². The quantitative estimate of drug-likeness (QED) is 0.600. The minimum absolute atomic E-state index is 0.0233. The molecule has 1 saturated heterocycles. The minimum Gasteiger partial charge on any atom is -0.382 e. The Bertz CT molecular complexity index is 1270. The normalized spacial score (nSPS) is 20.9. The molecule has 1 aromatic carbocycles. The van der Waals surface area contributed by atoms with Gasteiger partial charge in [-0.05, 0) is 42.2 Å². The van der Waals surface area contributed by atoms with Crippen LogP contribution in [0, 0.1) is 11.4 Å². The summed E-state index contributed by atoms with van der Waals surface area (Å²) in [6.45, 7) is 2.42. The fourth-order valence-electron chi connectivity index (χ4n) is 5.80. The lowest BCUT2D eigenvalue weighted by Gasteiger charge is -2.42. The van der Waals surface area contributed by atoms with E-state index in [4.69, 9.17) is 11.5 Å². The lowest BCUT2D eigenvalue weighted by Crippen LogP contribution is -2.45. The molecule has 3 aliphatic rings. The Balaban J connectivity index is 1.21. The van der Waals surface area contributed by atoms with Crippen LogP contribution in [0.2, 0.25) is 0 Å². The van der Waals surface area contributed by atoms with Gasteiger partial charge in [0, 0.05) is 38.3 Å². The Kier molecular flexibility index (Phi) is 4.80. The van der Waals surface area contributed by atoms with Gasteiger partial charge in [-0.25, -0.2) is 14.6 Å². The number of hydrogen-bond donors (Lipinski definition) is 2. The molecule has 4 heterocycles. The van der Waals surface area contributed by atoms with Crippen molar-refractivity contribution in [1.29, 1.82) is 0 Å². The summed E-state index contributed by atoms with van der Waals surface area (Å²) in [6, 6.07) is 10.1. The van der Waals surface area contributed by atoms with Gasteiger partial charge in [0.15, 0.2) is 17.3 Å². The van der Waals surface area contributed by atoms with E-state index in [1.807, 2.05) is 17.0 Å². The number of aryl methyl sites for hydroxylation is 1. The number of piperidine rings is 1. The largest absolute Gasteiger partial charge is 0.382 e. The van der Waals surface area contributed by atoms with E-state index in [2.05, 4.69) is 27.2 Å². The maximum Gasteiger partial charge on any atom is 0.281 e. The van der Waals surface area contributed by atoms with E-state index in [1.165, 1.54) is 16.0 Å². The molecular formula is C24H27FN8O. The van der Waals surface area contributed by atoms with Gasteiger partial charge in [0.2, 0.25) is 0 Å². The third kappa shape index (κ3) is 3.16. The van der Waals surface area contributed by atoms with Crippen molar-refractivity contribution in [2.24, 2.45) is 11.1 Å². The van der Waals surface area contributed by atoms with Crippen molar-refractivity contribution < 1.29 is 9.18 Å². The molecule has 1 atom stereocenters. The van der Waals surface area contributed by atoms with E-state index in [9.17, 15) is 4.79 Å². The minimum atomic E-state index is -0.780. The first-order valence-electron chi connectivity index (χ1n) is 11.7. The van der Waals surface area contributed by atoms with Crippen LogP contribution < -0.4 is 21.3 Å².